The molecule has 0 amide bonds. The molecule has 0 radical (unpaired) electrons. The van der Waals surface area contributed by atoms with Gasteiger partial charge in [-0.05, 0) is 13.8 Å². The number of carboxylic acids is 1. The first-order valence-electron chi connectivity index (χ1n) is 2.87. The quantitative estimate of drug-likeness (QED) is 0.512. The van der Waals surface area contributed by atoms with E-state index in [9.17, 15) is 14.4 Å². The Hall–Kier alpha value is -1.23. The minimum Gasteiger partial charge on any atom is -0.479 e. The average molecular weight is 159 g/mol. The Balaban J connectivity index is 4.99. The highest BCUT2D eigenvalue weighted by Gasteiger charge is 2.44. The number of carboxylic acid groups (broad SMARTS) is 1. The second-order valence-electron chi connectivity index (χ2n) is 2.23. The fourth-order valence-corrected chi connectivity index (χ4v) is 0.549. The molecule has 0 aliphatic heterocycles. The van der Waals surface area contributed by atoms with Crippen molar-refractivity contribution in [3.05, 3.63) is 0 Å². The molecule has 0 aromatic carbocycles. The van der Waals surface area contributed by atoms with Gasteiger partial charge < -0.3 is 10.8 Å². The number of hydrogen-bond donors (Lipinski definition) is 2. The monoisotopic (exact) mass is 159 g/mol. The third-order valence-electron chi connectivity index (χ3n) is 1.45. The van der Waals surface area contributed by atoms with Gasteiger partial charge in [0.25, 0.3) is 0 Å². The van der Waals surface area contributed by atoms with Crippen molar-refractivity contribution in [2.75, 3.05) is 0 Å². The van der Waals surface area contributed by atoms with E-state index in [0.29, 0.717) is 0 Å². The molecule has 0 aliphatic rings. The first-order chi connectivity index (χ1) is 4.83. The summed E-state index contributed by atoms with van der Waals surface area (Å²) in [7, 11) is 0. The van der Waals surface area contributed by atoms with Crippen LogP contribution >= 0.6 is 0 Å². The highest BCUT2D eigenvalue weighted by molar-refractivity contribution is 6.25. The number of hydrogen-bond acceptors (Lipinski definition) is 4. The second kappa shape index (κ2) is 2.79. The Morgan fingerprint density at radius 3 is 1.45 bits per heavy atom. The zero-order valence-electron chi connectivity index (χ0n) is 6.25. The Bertz CT molecular complexity index is 185. The first-order valence-corrected chi connectivity index (χ1v) is 2.87. The summed E-state index contributed by atoms with van der Waals surface area (Å²) in [6, 6.07) is 0. The van der Waals surface area contributed by atoms with Crippen molar-refractivity contribution in [2.24, 2.45) is 5.73 Å². The van der Waals surface area contributed by atoms with Gasteiger partial charge in [-0.15, -0.1) is 0 Å². The van der Waals surface area contributed by atoms with Crippen molar-refractivity contribution in [3.63, 3.8) is 0 Å². The molecular weight excluding hydrogens is 150 g/mol. The molecule has 0 saturated carbocycles. The molecule has 0 fully saturated rings. The van der Waals surface area contributed by atoms with Crippen molar-refractivity contribution in [2.45, 2.75) is 19.4 Å². The van der Waals surface area contributed by atoms with Gasteiger partial charge in [0.05, 0.1) is 0 Å². The predicted octanol–water partition coefficient (Wildman–Crippen LogP) is -1.05. The normalized spacial score (nSPS) is 10.8. The summed E-state index contributed by atoms with van der Waals surface area (Å²) in [6.07, 6.45) is 0. The van der Waals surface area contributed by atoms with Gasteiger partial charge >= 0.3 is 5.97 Å². The number of carbonyl (C=O) groups excluding carboxylic acids is 2. The zero-order valence-corrected chi connectivity index (χ0v) is 6.25. The van der Waals surface area contributed by atoms with E-state index in [1.54, 1.807) is 0 Å². The largest absolute Gasteiger partial charge is 0.479 e. The molecule has 0 spiro atoms. The number of carbonyl (C=O) groups is 3. The van der Waals surface area contributed by atoms with Crippen LogP contribution in [0.3, 0.4) is 0 Å². The van der Waals surface area contributed by atoms with Gasteiger partial charge in [0.2, 0.25) is 5.54 Å². The van der Waals surface area contributed by atoms with Gasteiger partial charge in [-0.1, -0.05) is 0 Å². The van der Waals surface area contributed by atoms with Crippen LogP contribution in [0.1, 0.15) is 13.8 Å². The summed E-state index contributed by atoms with van der Waals surface area (Å²) >= 11 is 0. The molecule has 62 valence electrons. The van der Waals surface area contributed by atoms with E-state index >= 15 is 0 Å². The van der Waals surface area contributed by atoms with Gasteiger partial charge in [-0.2, -0.15) is 0 Å². The number of ketones is 2. The van der Waals surface area contributed by atoms with E-state index in [1.165, 1.54) is 0 Å². The van der Waals surface area contributed by atoms with Crippen LogP contribution in [0.25, 0.3) is 0 Å². The lowest BCUT2D eigenvalue weighted by atomic mass is 9.92. The number of rotatable bonds is 3. The van der Waals surface area contributed by atoms with E-state index in [2.05, 4.69) is 0 Å². The van der Waals surface area contributed by atoms with Crippen molar-refractivity contribution in [1.29, 1.82) is 0 Å². The average Bonchev–Trinajstić information content (AvgIpc) is 1.84. The van der Waals surface area contributed by atoms with Gasteiger partial charge in [0.15, 0.2) is 11.6 Å². The zero-order chi connectivity index (χ0) is 9.23. The van der Waals surface area contributed by atoms with Gasteiger partial charge in [-0.25, -0.2) is 4.79 Å². The molecule has 0 bridgehead atoms. The SMILES string of the molecule is CC(=O)C(N)(C(C)=O)C(=O)O. The first kappa shape index (κ1) is 9.77. The molecule has 3 N–H and O–H groups in total. The highest BCUT2D eigenvalue weighted by atomic mass is 16.4. The van der Waals surface area contributed by atoms with Crippen LogP contribution < -0.4 is 5.73 Å². The lowest BCUT2D eigenvalue weighted by Gasteiger charge is -2.16. The van der Waals surface area contributed by atoms with Crippen LogP contribution in [-0.2, 0) is 14.4 Å². The van der Waals surface area contributed by atoms with Crippen LogP contribution in [-0.4, -0.2) is 28.2 Å². The molecule has 0 aliphatic carbocycles. The molecule has 0 saturated heterocycles. The van der Waals surface area contributed by atoms with E-state index in [0.717, 1.165) is 13.8 Å². The molecule has 0 aromatic heterocycles. The molecule has 0 heterocycles. The van der Waals surface area contributed by atoms with Crippen molar-refractivity contribution >= 4 is 17.5 Å². The lowest BCUT2D eigenvalue weighted by molar-refractivity contribution is -0.151. The summed E-state index contributed by atoms with van der Waals surface area (Å²) in [5, 5.41) is 8.41. The van der Waals surface area contributed by atoms with E-state index < -0.39 is 23.1 Å². The Kier molecular flexibility index (Phi) is 2.48. The predicted molar refractivity (Wildman–Crippen MR) is 35.9 cm³/mol. The fourth-order valence-electron chi connectivity index (χ4n) is 0.549. The van der Waals surface area contributed by atoms with E-state index in [-0.39, 0.29) is 0 Å². The summed E-state index contributed by atoms with van der Waals surface area (Å²) in [6.45, 7) is 1.94. The molecule has 0 rings (SSSR count). The molecule has 5 nitrogen and oxygen atoms in total. The van der Waals surface area contributed by atoms with Gasteiger partial charge in [-0.3, -0.25) is 9.59 Å². The molecule has 11 heavy (non-hydrogen) atoms. The maximum absolute atomic E-state index is 10.6. The smallest absolute Gasteiger partial charge is 0.339 e. The van der Waals surface area contributed by atoms with Crippen LogP contribution in [0.2, 0.25) is 0 Å². The maximum Gasteiger partial charge on any atom is 0.339 e. The minimum absolute atomic E-state index is 0.863. The third-order valence-corrected chi connectivity index (χ3v) is 1.45. The van der Waals surface area contributed by atoms with Crippen molar-refractivity contribution in [3.8, 4) is 0 Å². The van der Waals surface area contributed by atoms with E-state index in [4.69, 9.17) is 10.8 Å². The van der Waals surface area contributed by atoms with E-state index in [1.807, 2.05) is 0 Å². The third kappa shape index (κ3) is 1.43. The van der Waals surface area contributed by atoms with Gasteiger partial charge in [0.1, 0.15) is 0 Å². The highest BCUT2D eigenvalue weighted by Crippen LogP contribution is 2.03. The Morgan fingerprint density at radius 1 is 1.18 bits per heavy atom. The maximum atomic E-state index is 10.6. The topological polar surface area (TPSA) is 97.5 Å². The van der Waals surface area contributed by atoms with Crippen LogP contribution in [0, 0.1) is 0 Å². The molecular formula is C6H9NO4. The summed E-state index contributed by atoms with van der Waals surface area (Å²) < 4.78 is 0. The molecule has 0 aromatic rings. The second-order valence-corrected chi connectivity index (χ2v) is 2.23. The van der Waals surface area contributed by atoms with Crippen LogP contribution in [0.4, 0.5) is 0 Å². The summed E-state index contributed by atoms with van der Waals surface area (Å²) in [5.41, 5.74) is 2.67. The van der Waals surface area contributed by atoms with Crippen LogP contribution in [0.15, 0.2) is 0 Å². The fraction of sp³-hybridized carbons (Fsp3) is 0.500. The molecule has 5 heteroatoms. The summed E-state index contributed by atoms with van der Waals surface area (Å²) in [5.74, 6) is -3.34. The minimum atomic E-state index is -2.36. The van der Waals surface area contributed by atoms with Crippen LogP contribution in [0.5, 0.6) is 0 Å². The standard InChI is InChI=1S/C6H9NO4/c1-3(8)6(7,4(2)9)5(10)11/h7H2,1-2H3,(H,10,11). The van der Waals surface area contributed by atoms with Gasteiger partial charge in [0, 0.05) is 0 Å². The van der Waals surface area contributed by atoms with Crippen molar-refractivity contribution < 1.29 is 19.5 Å². The number of nitrogens with two attached hydrogens (primary N) is 1. The Labute approximate surface area is 63.2 Å². The molecule has 0 unspecified atom stereocenters. The lowest BCUT2D eigenvalue weighted by Crippen LogP contribution is -2.59. The van der Waals surface area contributed by atoms with Crippen molar-refractivity contribution in [1.82, 2.24) is 0 Å². The summed E-state index contributed by atoms with van der Waals surface area (Å²) in [4.78, 5) is 31.6. The molecule has 0 atom stereocenters. The number of aliphatic carboxylic acids is 1. The number of Topliss-reactive ketones (excluding diaryl/α,β-unsaturated/α-hetero) is 2. The Morgan fingerprint density at radius 2 is 1.45 bits per heavy atom.